The molecule has 8 nitrogen and oxygen atoms in total. The number of nitro benzene ring substituents is 1. The van der Waals surface area contributed by atoms with Gasteiger partial charge in [-0.25, -0.2) is 10.8 Å². The van der Waals surface area contributed by atoms with E-state index >= 15 is 0 Å². The Morgan fingerprint density at radius 3 is 2.67 bits per heavy atom. The number of nitrogens with two attached hydrogens (primary N) is 1. The van der Waals surface area contributed by atoms with Crippen LogP contribution in [0.15, 0.2) is 22.8 Å². The zero-order valence-electron chi connectivity index (χ0n) is 10.0. The molecule has 11 heteroatoms. The largest absolute Gasteiger partial charge is 0.430 e. The van der Waals surface area contributed by atoms with Crippen LogP contribution in [0.4, 0.5) is 11.6 Å². The molecule has 0 aliphatic heterocycles. The number of ether oxygens (including phenoxy) is 1. The molecular formula is C10H6BrCl2N5O3. The number of aromatic nitrogens is 2. The summed E-state index contributed by atoms with van der Waals surface area (Å²) in [6.07, 6.45) is 1.38. The SMILES string of the molecule is NNc1ncc(Br)c(Oc2cc(Cl)c(Cl)cc2[N+](=O)[O-])n1. The van der Waals surface area contributed by atoms with Crippen molar-refractivity contribution in [1.82, 2.24) is 9.97 Å². The van der Waals surface area contributed by atoms with Gasteiger partial charge in [-0.1, -0.05) is 23.2 Å². The number of hydrazine groups is 1. The Labute approximate surface area is 136 Å². The van der Waals surface area contributed by atoms with Crippen LogP contribution in [0.5, 0.6) is 11.6 Å². The molecule has 1 aromatic carbocycles. The van der Waals surface area contributed by atoms with Gasteiger partial charge in [-0.2, -0.15) is 4.98 Å². The second-order valence-corrected chi connectivity index (χ2v) is 5.25. The summed E-state index contributed by atoms with van der Waals surface area (Å²) in [6.45, 7) is 0. The maximum Gasteiger partial charge on any atom is 0.313 e. The van der Waals surface area contributed by atoms with Crippen LogP contribution in [0, 0.1) is 10.1 Å². The second-order valence-electron chi connectivity index (χ2n) is 3.58. The number of anilines is 1. The summed E-state index contributed by atoms with van der Waals surface area (Å²) in [4.78, 5) is 18.1. The van der Waals surface area contributed by atoms with Gasteiger partial charge in [0.2, 0.25) is 17.6 Å². The molecule has 0 saturated heterocycles. The fourth-order valence-electron chi connectivity index (χ4n) is 1.34. The standard InChI is InChI=1S/C10H6BrCl2N5O3/c11-4-3-15-10(17-14)16-9(4)21-8-2-6(13)5(12)1-7(8)18(19)20/h1-3H,14H2,(H,15,16,17). The van der Waals surface area contributed by atoms with E-state index < -0.39 is 4.92 Å². The van der Waals surface area contributed by atoms with Crippen molar-refractivity contribution in [3.63, 3.8) is 0 Å². The maximum atomic E-state index is 11.0. The van der Waals surface area contributed by atoms with Crippen LogP contribution in [0.25, 0.3) is 0 Å². The van der Waals surface area contributed by atoms with Crippen LogP contribution in [-0.2, 0) is 0 Å². The number of nitrogens with zero attached hydrogens (tertiary/aromatic N) is 3. The number of hydrogen-bond donors (Lipinski definition) is 2. The predicted octanol–water partition coefficient (Wildman–Crippen LogP) is 3.53. The molecule has 0 saturated carbocycles. The molecule has 0 aliphatic carbocycles. The number of nitro groups is 1. The molecule has 21 heavy (non-hydrogen) atoms. The average Bonchev–Trinajstić information content (AvgIpc) is 2.44. The highest BCUT2D eigenvalue weighted by Gasteiger charge is 2.20. The maximum absolute atomic E-state index is 11.0. The molecule has 3 N–H and O–H groups in total. The molecule has 1 aromatic heterocycles. The Morgan fingerprint density at radius 2 is 2.05 bits per heavy atom. The highest BCUT2D eigenvalue weighted by atomic mass is 79.9. The molecular weight excluding hydrogens is 389 g/mol. The van der Waals surface area contributed by atoms with Gasteiger partial charge in [0.15, 0.2) is 0 Å². The number of hydrogen-bond acceptors (Lipinski definition) is 7. The second kappa shape index (κ2) is 6.39. The first-order valence-electron chi connectivity index (χ1n) is 5.23. The summed E-state index contributed by atoms with van der Waals surface area (Å²) in [7, 11) is 0. The minimum Gasteiger partial charge on any atom is -0.430 e. The number of benzene rings is 1. The minimum absolute atomic E-state index is 0.0273. The van der Waals surface area contributed by atoms with Crippen molar-refractivity contribution in [3.05, 3.63) is 43.0 Å². The fraction of sp³-hybridized carbons (Fsp3) is 0. The molecule has 0 radical (unpaired) electrons. The lowest BCUT2D eigenvalue weighted by Gasteiger charge is -2.09. The van der Waals surface area contributed by atoms with Crippen molar-refractivity contribution in [3.8, 4) is 11.6 Å². The molecule has 0 spiro atoms. The first kappa shape index (κ1) is 15.7. The van der Waals surface area contributed by atoms with Crippen LogP contribution in [-0.4, -0.2) is 14.9 Å². The normalized spacial score (nSPS) is 10.3. The number of nitrogen functional groups attached to an aromatic ring is 1. The lowest BCUT2D eigenvalue weighted by molar-refractivity contribution is -0.385. The zero-order chi connectivity index (χ0) is 15.6. The average molecular weight is 395 g/mol. The Balaban J connectivity index is 2.48. The van der Waals surface area contributed by atoms with Crippen LogP contribution in [0.1, 0.15) is 0 Å². The number of rotatable bonds is 4. The Bertz CT molecular complexity index is 715. The smallest absolute Gasteiger partial charge is 0.313 e. The van der Waals surface area contributed by atoms with E-state index in [1.807, 2.05) is 0 Å². The van der Waals surface area contributed by atoms with Gasteiger partial charge in [0.1, 0.15) is 0 Å². The summed E-state index contributed by atoms with van der Waals surface area (Å²) in [5.74, 6) is 5.18. The summed E-state index contributed by atoms with van der Waals surface area (Å²) in [5, 5.41) is 11.2. The Morgan fingerprint density at radius 1 is 1.38 bits per heavy atom. The van der Waals surface area contributed by atoms with Crippen molar-refractivity contribution < 1.29 is 9.66 Å². The molecule has 0 unspecified atom stereocenters. The lowest BCUT2D eigenvalue weighted by Crippen LogP contribution is -2.10. The quantitative estimate of drug-likeness (QED) is 0.462. The van der Waals surface area contributed by atoms with E-state index in [0.717, 1.165) is 6.07 Å². The van der Waals surface area contributed by atoms with Gasteiger partial charge in [0.05, 0.1) is 25.6 Å². The van der Waals surface area contributed by atoms with Crippen molar-refractivity contribution in [2.45, 2.75) is 0 Å². The Kier molecular flexibility index (Phi) is 4.78. The summed E-state index contributed by atoms with van der Waals surface area (Å²) < 4.78 is 5.78. The summed E-state index contributed by atoms with van der Waals surface area (Å²) >= 11 is 14.8. The van der Waals surface area contributed by atoms with Gasteiger partial charge < -0.3 is 4.74 Å². The first-order valence-corrected chi connectivity index (χ1v) is 6.77. The van der Waals surface area contributed by atoms with Gasteiger partial charge >= 0.3 is 5.69 Å². The lowest BCUT2D eigenvalue weighted by atomic mass is 10.3. The third kappa shape index (κ3) is 3.50. The van der Waals surface area contributed by atoms with Crippen molar-refractivity contribution in [2.75, 3.05) is 5.43 Å². The predicted molar refractivity (Wildman–Crippen MR) is 80.7 cm³/mol. The topological polar surface area (TPSA) is 116 Å². The van der Waals surface area contributed by atoms with E-state index in [0.29, 0.717) is 4.47 Å². The Hall–Kier alpha value is -1.68. The molecule has 0 aliphatic rings. The van der Waals surface area contributed by atoms with Crippen LogP contribution >= 0.6 is 39.1 Å². The van der Waals surface area contributed by atoms with E-state index in [-0.39, 0.29) is 33.3 Å². The van der Waals surface area contributed by atoms with Gasteiger partial charge in [0, 0.05) is 12.1 Å². The van der Waals surface area contributed by atoms with E-state index in [1.165, 1.54) is 12.3 Å². The minimum atomic E-state index is -0.644. The highest BCUT2D eigenvalue weighted by molar-refractivity contribution is 9.10. The van der Waals surface area contributed by atoms with Crippen molar-refractivity contribution in [1.29, 1.82) is 0 Å². The van der Waals surface area contributed by atoms with Gasteiger partial charge in [-0.15, -0.1) is 0 Å². The highest BCUT2D eigenvalue weighted by Crippen LogP contribution is 2.39. The first-order chi connectivity index (χ1) is 9.92. The summed E-state index contributed by atoms with van der Waals surface area (Å²) in [6, 6.07) is 2.32. The van der Waals surface area contributed by atoms with E-state index in [9.17, 15) is 10.1 Å². The molecule has 2 rings (SSSR count). The van der Waals surface area contributed by atoms with E-state index in [4.69, 9.17) is 33.8 Å². The number of halogens is 3. The third-order valence-corrected chi connectivity index (χ3v) is 3.51. The van der Waals surface area contributed by atoms with E-state index in [2.05, 4.69) is 31.3 Å². The summed E-state index contributed by atoms with van der Waals surface area (Å²) in [5.41, 5.74) is 1.88. The van der Waals surface area contributed by atoms with Gasteiger partial charge in [-0.05, 0) is 15.9 Å². The number of nitrogens with one attached hydrogen (secondary N) is 1. The van der Waals surface area contributed by atoms with Crippen LogP contribution in [0.2, 0.25) is 10.0 Å². The fourth-order valence-corrected chi connectivity index (χ4v) is 1.92. The molecule has 110 valence electrons. The van der Waals surface area contributed by atoms with Gasteiger partial charge in [0.25, 0.3) is 0 Å². The molecule has 2 aromatic rings. The monoisotopic (exact) mass is 393 g/mol. The molecule has 1 heterocycles. The third-order valence-electron chi connectivity index (χ3n) is 2.25. The van der Waals surface area contributed by atoms with Gasteiger partial charge in [-0.3, -0.25) is 15.5 Å². The van der Waals surface area contributed by atoms with Crippen molar-refractivity contribution in [2.24, 2.45) is 5.84 Å². The zero-order valence-corrected chi connectivity index (χ0v) is 13.1. The van der Waals surface area contributed by atoms with Crippen molar-refractivity contribution >= 4 is 50.8 Å². The molecule has 0 atom stereocenters. The van der Waals surface area contributed by atoms with Crippen LogP contribution < -0.4 is 16.0 Å². The molecule has 0 amide bonds. The molecule has 0 fully saturated rings. The van der Waals surface area contributed by atoms with E-state index in [1.54, 1.807) is 0 Å². The van der Waals surface area contributed by atoms with Crippen LogP contribution in [0.3, 0.4) is 0 Å². The molecule has 0 bridgehead atoms.